The maximum Gasteiger partial charge on any atom is 0.265 e. The van der Waals surface area contributed by atoms with Crippen molar-refractivity contribution in [2.45, 2.75) is 13.3 Å². The van der Waals surface area contributed by atoms with Crippen LogP contribution in [0.2, 0.25) is 0 Å². The van der Waals surface area contributed by atoms with E-state index < -0.39 is 0 Å². The first kappa shape index (κ1) is 23.5. The number of hydrogen-bond donors (Lipinski definition) is 0. The maximum atomic E-state index is 13.2. The summed E-state index contributed by atoms with van der Waals surface area (Å²) in [5.41, 5.74) is 3.27. The molecule has 34 heavy (non-hydrogen) atoms. The third-order valence-corrected chi connectivity index (χ3v) is 5.62. The van der Waals surface area contributed by atoms with Crippen molar-refractivity contribution in [2.75, 3.05) is 33.9 Å². The molecule has 7 nitrogen and oxygen atoms in total. The molecule has 0 aliphatic carbocycles. The van der Waals surface area contributed by atoms with Crippen LogP contribution in [0.25, 0.3) is 27.7 Å². The zero-order valence-electron chi connectivity index (χ0n) is 19.7. The second-order valence-electron chi connectivity index (χ2n) is 7.81. The minimum absolute atomic E-state index is 0.143. The Kier molecular flexibility index (Phi) is 7.57. The summed E-state index contributed by atoms with van der Waals surface area (Å²) in [4.78, 5) is 23.1. The molecule has 0 atom stereocenters. The molecule has 0 saturated carbocycles. The van der Waals surface area contributed by atoms with Gasteiger partial charge in [-0.3, -0.25) is 9.36 Å². The third-order valence-electron chi connectivity index (χ3n) is 5.62. The number of benzene rings is 3. The molecule has 1 aromatic heterocycles. The van der Waals surface area contributed by atoms with Gasteiger partial charge in [-0.1, -0.05) is 43.3 Å². The second-order valence-corrected chi connectivity index (χ2v) is 7.81. The number of fused-ring (bicyclic) bond motifs is 1. The van der Waals surface area contributed by atoms with E-state index in [2.05, 4.69) is 11.9 Å². The predicted molar refractivity (Wildman–Crippen MR) is 134 cm³/mol. The molecular formula is C27H29N3O4. The summed E-state index contributed by atoms with van der Waals surface area (Å²) in [6.45, 7) is 4.01. The summed E-state index contributed by atoms with van der Waals surface area (Å²) in [7, 11) is 3.24. The molecule has 176 valence electrons. The molecule has 0 N–H and O–H groups in total. The molecular weight excluding hydrogens is 430 g/mol. The number of hydroxylamine groups is 2. The number of hydrogen-bond acceptors (Lipinski definition) is 6. The van der Waals surface area contributed by atoms with Gasteiger partial charge < -0.3 is 14.3 Å². The normalized spacial score (nSPS) is 11.2. The van der Waals surface area contributed by atoms with Crippen molar-refractivity contribution in [3.05, 3.63) is 83.4 Å². The molecule has 7 heteroatoms. The fourth-order valence-corrected chi connectivity index (χ4v) is 3.84. The molecule has 1 heterocycles. The molecule has 0 saturated heterocycles. The standard InChI is InChI=1S/C27H29N3O4/c1-4-14-29(33-3)15-16-34-25-13-11-22(18-26(25)32-2)30-19-28-24-17-21(10-12-23(24)27(30)31)20-8-6-5-7-9-20/h5-13,17-19H,4,14-16H2,1-3H3. The van der Waals surface area contributed by atoms with Crippen molar-refractivity contribution in [2.24, 2.45) is 0 Å². The number of rotatable bonds is 10. The average Bonchev–Trinajstić information content (AvgIpc) is 2.89. The summed E-state index contributed by atoms with van der Waals surface area (Å²) in [6.07, 6.45) is 2.55. The van der Waals surface area contributed by atoms with Crippen molar-refractivity contribution in [1.29, 1.82) is 0 Å². The van der Waals surface area contributed by atoms with Gasteiger partial charge in [0.25, 0.3) is 5.56 Å². The summed E-state index contributed by atoms with van der Waals surface area (Å²) in [5, 5.41) is 2.40. The van der Waals surface area contributed by atoms with Crippen LogP contribution in [-0.4, -0.2) is 48.5 Å². The van der Waals surface area contributed by atoms with Gasteiger partial charge in [-0.05, 0) is 41.8 Å². The lowest BCUT2D eigenvalue weighted by Gasteiger charge is -2.19. The van der Waals surface area contributed by atoms with Crippen LogP contribution in [0, 0.1) is 0 Å². The Morgan fingerprint density at radius 3 is 2.47 bits per heavy atom. The maximum absolute atomic E-state index is 13.2. The van der Waals surface area contributed by atoms with Crippen LogP contribution < -0.4 is 15.0 Å². The van der Waals surface area contributed by atoms with Gasteiger partial charge in [-0.15, -0.1) is 0 Å². The molecule has 3 aromatic carbocycles. The van der Waals surface area contributed by atoms with E-state index in [9.17, 15) is 4.79 Å². The van der Waals surface area contributed by atoms with Gasteiger partial charge >= 0.3 is 0 Å². The molecule has 0 amide bonds. The van der Waals surface area contributed by atoms with Crippen molar-refractivity contribution in [3.8, 4) is 28.3 Å². The van der Waals surface area contributed by atoms with E-state index >= 15 is 0 Å². The highest BCUT2D eigenvalue weighted by Crippen LogP contribution is 2.29. The van der Waals surface area contributed by atoms with Crippen LogP contribution in [0.3, 0.4) is 0 Å². The summed E-state index contributed by atoms with van der Waals surface area (Å²) in [6, 6.07) is 21.2. The van der Waals surface area contributed by atoms with Gasteiger partial charge in [0.15, 0.2) is 11.5 Å². The fraction of sp³-hybridized carbons (Fsp3) is 0.259. The second kappa shape index (κ2) is 11.0. The monoisotopic (exact) mass is 459 g/mol. The van der Waals surface area contributed by atoms with Crippen LogP contribution >= 0.6 is 0 Å². The highest BCUT2D eigenvalue weighted by molar-refractivity contribution is 5.83. The Balaban J connectivity index is 1.58. The first-order chi connectivity index (χ1) is 16.6. The summed E-state index contributed by atoms with van der Waals surface area (Å²) in [5.74, 6) is 1.15. The number of ether oxygens (including phenoxy) is 2. The SMILES string of the molecule is CCCN(CCOc1ccc(-n2cnc3cc(-c4ccccc4)ccc3c2=O)cc1OC)OC. The zero-order chi connectivity index (χ0) is 23.9. The Morgan fingerprint density at radius 1 is 0.912 bits per heavy atom. The van der Waals surface area contributed by atoms with Gasteiger partial charge in [0.1, 0.15) is 12.9 Å². The molecule has 0 unspecified atom stereocenters. The van der Waals surface area contributed by atoms with Crippen LogP contribution in [-0.2, 0) is 4.84 Å². The molecule has 0 radical (unpaired) electrons. The van der Waals surface area contributed by atoms with Crippen molar-refractivity contribution >= 4 is 10.9 Å². The molecule has 0 bridgehead atoms. The number of aromatic nitrogens is 2. The van der Waals surface area contributed by atoms with Crippen molar-refractivity contribution in [3.63, 3.8) is 0 Å². The van der Waals surface area contributed by atoms with E-state index in [1.165, 1.54) is 4.57 Å². The largest absolute Gasteiger partial charge is 0.493 e. The van der Waals surface area contributed by atoms with Crippen LogP contribution in [0.15, 0.2) is 77.9 Å². The van der Waals surface area contributed by atoms with Crippen molar-refractivity contribution in [1.82, 2.24) is 14.6 Å². The molecule has 0 aliphatic heterocycles. The third kappa shape index (κ3) is 5.11. The van der Waals surface area contributed by atoms with Crippen LogP contribution in [0.1, 0.15) is 13.3 Å². The van der Waals surface area contributed by atoms with E-state index in [1.807, 2.05) is 59.7 Å². The lowest BCUT2D eigenvalue weighted by atomic mass is 10.0. The molecule has 0 spiro atoms. The Hall–Kier alpha value is -3.68. The first-order valence-corrected chi connectivity index (χ1v) is 11.3. The first-order valence-electron chi connectivity index (χ1n) is 11.3. The Labute approximate surface area is 199 Å². The van der Waals surface area contributed by atoms with Crippen LogP contribution in [0.4, 0.5) is 0 Å². The fourth-order valence-electron chi connectivity index (χ4n) is 3.84. The lowest BCUT2D eigenvalue weighted by molar-refractivity contribution is -0.135. The quantitative estimate of drug-likeness (QED) is 0.320. The van der Waals surface area contributed by atoms with Gasteiger partial charge in [0.2, 0.25) is 0 Å². The van der Waals surface area contributed by atoms with Crippen molar-refractivity contribution < 1.29 is 14.3 Å². The molecule has 0 aliphatic rings. The minimum atomic E-state index is -0.143. The van der Waals surface area contributed by atoms with E-state index in [0.29, 0.717) is 41.2 Å². The van der Waals surface area contributed by atoms with E-state index in [1.54, 1.807) is 32.7 Å². The summed E-state index contributed by atoms with van der Waals surface area (Å²) < 4.78 is 12.9. The highest BCUT2D eigenvalue weighted by atomic mass is 16.7. The van der Waals surface area contributed by atoms with Crippen LogP contribution in [0.5, 0.6) is 11.5 Å². The lowest BCUT2D eigenvalue weighted by Crippen LogP contribution is -2.28. The molecule has 4 rings (SSSR count). The molecule has 0 fully saturated rings. The topological polar surface area (TPSA) is 65.8 Å². The Morgan fingerprint density at radius 2 is 1.74 bits per heavy atom. The van der Waals surface area contributed by atoms with Gasteiger partial charge in [0, 0.05) is 12.6 Å². The Bertz CT molecular complexity index is 1300. The van der Waals surface area contributed by atoms with E-state index in [4.69, 9.17) is 14.3 Å². The number of nitrogens with zero attached hydrogens (tertiary/aromatic N) is 3. The smallest absolute Gasteiger partial charge is 0.265 e. The van der Waals surface area contributed by atoms with Gasteiger partial charge in [-0.2, -0.15) is 5.06 Å². The van der Waals surface area contributed by atoms with Gasteiger partial charge in [0.05, 0.1) is 37.4 Å². The average molecular weight is 460 g/mol. The van der Waals surface area contributed by atoms with E-state index in [-0.39, 0.29) is 5.56 Å². The summed E-state index contributed by atoms with van der Waals surface area (Å²) >= 11 is 0. The minimum Gasteiger partial charge on any atom is -0.493 e. The van der Waals surface area contributed by atoms with E-state index in [0.717, 1.165) is 24.1 Å². The highest BCUT2D eigenvalue weighted by Gasteiger charge is 2.12. The zero-order valence-corrected chi connectivity index (χ0v) is 19.7. The molecule has 4 aromatic rings. The number of methoxy groups -OCH3 is 1. The van der Waals surface area contributed by atoms with Gasteiger partial charge in [-0.25, -0.2) is 4.98 Å². The predicted octanol–water partition coefficient (Wildman–Crippen LogP) is 4.71.